The summed E-state index contributed by atoms with van der Waals surface area (Å²) in [6.07, 6.45) is 0. The third-order valence-electron chi connectivity index (χ3n) is 2.55. The molecule has 0 saturated carbocycles. The van der Waals surface area contributed by atoms with Gasteiger partial charge in [0, 0.05) is 6.07 Å². The summed E-state index contributed by atoms with van der Waals surface area (Å²) in [6, 6.07) is 7.36. The maximum absolute atomic E-state index is 11.1. The number of rotatable bonds is 2. The summed E-state index contributed by atoms with van der Waals surface area (Å²) in [6.45, 7) is 0. The summed E-state index contributed by atoms with van der Waals surface area (Å²) < 4.78 is 5.43. The second kappa shape index (κ2) is 4.05. The smallest absolute Gasteiger partial charge is 0.338 e. The maximum Gasteiger partial charge on any atom is 0.338 e. The number of nitrogens with zero attached hydrogens (tertiary/aromatic N) is 2. The van der Waals surface area contributed by atoms with E-state index >= 15 is 0 Å². The number of para-hydroxylation sites is 1. The zero-order valence-electron chi connectivity index (χ0n) is 9.45. The quantitative estimate of drug-likeness (QED) is 0.715. The van der Waals surface area contributed by atoms with E-state index in [1.807, 2.05) is 0 Å². The summed E-state index contributed by atoms with van der Waals surface area (Å²) in [5.74, 6) is -0.931. The number of benzene rings is 1. The minimum Gasteiger partial charge on any atom is -0.478 e. The van der Waals surface area contributed by atoms with Gasteiger partial charge in [0.1, 0.15) is 11.2 Å². The lowest BCUT2D eigenvalue weighted by Crippen LogP contribution is -2.05. The van der Waals surface area contributed by atoms with Crippen molar-refractivity contribution < 1.29 is 14.3 Å². The van der Waals surface area contributed by atoms with Gasteiger partial charge in [0.15, 0.2) is 5.58 Å². The van der Waals surface area contributed by atoms with Gasteiger partial charge < -0.3 is 9.52 Å². The standard InChI is InChI=1S/C12H7N3O4/c16-9-5-4-7(14-15-9)11-13-10-6(12(17)18)2-1-3-8(10)19-11/h1-5H,(H,15,16)(H,17,18). The fraction of sp³-hybridized carbons (Fsp3) is 0. The first-order valence-electron chi connectivity index (χ1n) is 5.34. The first kappa shape index (κ1) is 11.1. The van der Waals surface area contributed by atoms with E-state index in [4.69, 9.17) is 9.52 Å². The number of oxazole rings is 1. The highest BCUT2D eigenvalue weighted by atomic mass is 16.4. The van der Waals surface area contributed by atoms with E-state index in [0.29, 0.717) is 11.3 Å². The van der Waals surface area contributed by atoms with Crippen LogP contribution < -0.4 is 5.56 Å². The van der Waals surface area contributed by atoms with Gasteiger partial charge in [-0.1, -0.05) is 6.07 Å². The predicted molar refractivity (Wildman–Crippen MR) is 64.8 cm³/mol. The first-order valence-corrected chi connectivity index (χ1v) is 5.34. The predicted octanol–water partition coefficient (Wildman–Crippen LogP) is 1.28. The molecule has 2 N–H and O–H groups in total. The van der Waals surface area contributed by atoms with Gasteiger partial charge in [-0.15, -0.1) is 0 Å². The molecule has 0 saturated heterocycles. The molecule has 0 aliphatic carbocycles. The van der Waals surface area contributed by atoms with E-state index in [9.17, 15) is 9.59 Å². The molecule has 0 radical (unpaired) electrons. The second-order valence-corrected chi connectivity index (χ2v) is 3.78. The van der Waals surface area contributed by atoms with Crippen molar-refractivity contribution in [2.75, 3.05) is 0 Å². The molecule has 7 nitrogen and oxygen atoms in total. The number of aromatic nitrogens is 3. The lowest BCUT2D eigenvalue weighted by molar-refractivity contribution is 0.0699. The zero-order valence-corrected chi connectivity index (χ0v) is 9.45. The van der Waals surface area contributed by atoms with Gasteiger partial charge in [-0.05, 0) is 18.2 Å². The molecule has 0 bridgehead atoms. The van der Waals surface area contributed by atoms with Crippen LogP contribution in [0, 0.1) is 0 Å². The van der Waals surface area contributed by atoms with Crippen molar-refractivity contribution in [3.8, 4) is 11.6 Å². The average molecular weight is 257 g/mol. The molecule has 0 atom stereocenters. The number of aromatic carboxylic acids is 1. The molecule has 3 aromatic rings. The summed E-state index contributed by atoms with van der Waals surface area (Å²) >= 11 is 0. The number of carboxylic acid groups (broad SMARTS) is 1. The largest absolute Gasteiger partial charge is 0.478 e. The molecule has 0 fully saturated rings. The molecule has 1 aromatic carbocycles. The number of H-pyrrole nitrogens is 1. The van der Waals surface area contributed by atoms with E-state index in [2.05, 4.69) is 15.2 Å². The van der Waals surface area contributed by atoms with Gasteiger partial charge in [-0.25, -0.2) is 14.9 Å². The van der Waals surface area contributed by atoms with E-state index in [-0.39, 0.29) is 22.5 Å². The van der Waals surface area contributed by atoms with Crippen LogP contribution in [0.3, 0.4) is 0 Å². The van der Waals surface area contributed by atoms with Crippen molar-refractivity contribution in [1.29, 1.82) is 0 Å². The van der Waals surface area contributed by atoms with Gasteiger partial charge in [-0.3, -0.25) is 4.79 Å². The van der Waals surface area contributed by atoms with E-state index in [0.717, 1.165) is 0 Å². The Balaban J connectivity index is 2.21. The van der Waals surface area contributed by atoms with Crippen molar-refractivity contribution in [3.63, 3.8) is 0 Å². The van der Waals surface area contributed by atoms with Crippen molar-refractivity contribution >= 4 is 17.1 Å². The molecule has 0 spiro atoms. The Kier molecular flexibility index (Phi) is 2.38. The molecule has 7 heteroatoms. The van der Waals surface area contributed by atoms with Gasteiger partial charge in [0.05, 0.1) is 5.56 Å². The average Bonchev–Trinajstić information content (AvgIpc) is 2.82. The van der Waals surface area contributed by atoms with Gasteiger partial charge in [0.2, 0.25) is 5.89 Å². The highest BCUT2D eigenvalue weighted by Crippen LogP contribution is 2.24. The Morgan fingerprint density at radius 1 is 1.26 bits per heavy atom. The fourth-order valence-corrected chi connectivity index (χ4v) is 1.69. The van der Waals surface area contributed by atoms with Crippen LogP contribution in [0.4, 0.5) is 0 Å². The van der Waals surface area contributed by atoms with Crippen LogP contribution in [0.1, 0.15) is 10.4 Å². The molecule has 0 unspecified atom stereocenters. The molecule has 19 heavy (non-hydrogen) atoms. The van der Waals surface area contributed by atoms with E-state index < -0.39 is 5.97 Å². The van der Waals surface area contributed by atoms with Crippen molar-refractivity contribution in [2.45, 2.75) is 0 Å². The first-order chi connectivity index (χ1) is 9.15. The van der Waals surface area contributed by atoms with Crippen LogP contribution >= 0.6 is 0 Å². The fourth-order valence-electron chi connectivity index (χ4n) is 1.69. The Morgan fingerprint density at radius 2 is 2.11 bits per heavy atom. The number of hydrogen-bond donors (Lipinski definition) is 2. The highest BCUT2D eigenvalue weighted by Gasteiger charge is 2.15. The zero-order chi connectivity index (χ0) is 13.4. The number of carbonyl (C=O) groups is 1. The Morgan fingerprint density at radius 3 is 2.79 bits per heavy atom. The summed E-state index contributed by atoms with van der Waals surface area (Å²) in [7, 11) is 0. The van der Waals surface area contributed by atoms with Crippen molar-refractivity contribution in [1.82, 2.24) is 15.2 Å². The molecule has 0 aliphatic heterocycles. The summed E-state index contributed by atoms with van der Waals surface area (Å²) in [5.41, 5.74) is 0.635. The molecule has 3 rings (SSSR count). The SMILES string of the molecule is O=C(O)c1cccc2oc(-c3ccc(=O)[nH]n3)nc12. The Bertz CT molecular complexity index is 814. The van der Waals surface area contributed by atoms with Crippen LogP contribution in [0.5, 0.6) is 0 Å². The Labute approximate surface area is 105 Å². The van der Waals surface area contributed by atoms with Crippen molar-refractivity contribution in [3.05, 3.63) is 46.2 Å². The van der Waals surface area contributed by atoms with Crippen LogP contribution in [0.2, 0.25) is 0 Å². The molecular formula is C12H7N3O4. The summed E-state index contributed by atoms with van der Waals surface area (Å²) in [5, 5.41) is 15.1. The van der Waals surface area contributed by atoms with Gasteiger partial charge in [0.25, 0.3) is 5.56 Å². The topological polar surface area (TPSA) is 109 Å². The second-order valence-electron chi connectivity index (χ2n) is 3.78. The lowest BCUT2D eigenvalue weighted by atomic mass is 10.2. The highest BCUT2D eigenvalue weighted by molar-refractivity contribution is 6.00. The number of fused-ring (bicyclic) bond motifs is 1. The molecule has 2 aromatic heterocycles. The number of aromatic amines is 1. The third-order valence-corrected chi connectivity index (χ3v) is 2.55. The molecule has 0 aliphatic rings. The van der Waals surface area contributed by atoms with Crippen LogP contribution in [0.15, 0.2) is 39.5 Å². The molecular weight excluding hydrogens is 250 g/mol. The van der Waals surface area contributed by atoms with E-state index in [1.54, 1.807) is 12.1 Å². The number of hydrogen-bond acceptors (Lipinski definition) is 5. The monoisotopic (exact) mass is 257 g/mol. The van der Waals surface area contributed by atoms with Crippen LogP contribution in [-0.4, -0.2) is 26.3 Å². The minimum absolute atomic E-state index is 0.0527. The maximum atomic E-state index is 11.1. The Hall–Kier alpha value is -2.96. The van der Waals surface area contributed by atoms with Gasteiger partial charge >= 0.3 is 5.97 Å². The van der Waals surface area contributed by atoms with E-state index in [1.165, 1.54) is 18.2 Å². The minimum atomic E-state index is -1.08. The van der Waals surface area contributed by atoms with Crippen LogP contribution in [0.25, 0.3) is 22.7 Å². The third kappa shape index (κ3) is 1.86. The summed E-state index contributed by atoms with van der Waals surface area (Å²) in [4.78, 5) is 26.1. The van der Waals surface area contributed by atoms with Crippen LogP contribution in [-0.2, 0) is 0 Å². The van der Waals surface area contributed by atoms with Gasteiger partial charge in [-0.2, -0.15) is 5.10 Å². The molecule has 0 amide bonds. The number of nitrogens with one attached hydrogen (secondary N) is 1. The number of carboxylic acids is 1. The molecule has 2 heterocycles. The molecule has 94 valence electrons. The van der Waals surface area contributed by atoms with Crippen molar-refractivity contribution in [2.24, 2.45) is 0 Å². The normalized spacial score (nSPS) is 10.7. The lowest BCUT2D eigenvalue weighted by Gasteiger charge is -1.92.